The number of aliphatic hydroxyl groups excluding tert-OH is 1. The first-order valence-corrected chi connectivity index (χ1v) is 8.21. The third kappa shape index (κ3) is 5.84. The van der Waals surface area contributed by atoms with E-state index in [1.165, 1.54) is 19.3 Å². The molecule has 0 aromatic heterocycles. The fourth-order valence-corrected chi connectivity index (χ4v) is 3.64. The zero-order chi connectivity index (χ0) is 12.8. The highest BCUT2D eigenvalue weighted by molar-refractivity contribution is 7.89. The predicted molar refractivity (Wildman–Crippen MR) is 69.3 cm³/mol. The minimum atomic E-state index is -3.15. The topological polar surface area (TPSA) is 66.4 Å². The van der Waals surface area contributed by atoms with Gasteiger partial charge in [-0.3, -0.25) is 0 Å². The maximum atomic E-state index is 11.7. The third-order valence-electron chi connectivity index (χ3n) is 3.60. The van der Waals surface area contributed by atoms with Crippen LogP contribution in [0.5, 0.6) is 0 Å². The van der Waals surface area contributed by atoms with Gasteiger partial charge < -0.3 is 5.11 Å². The highest BCUT2D eigenvalue weighted by Crippen LogP contribution is 2.35. The molecule has 0 saturated heterocycles. The second-order valence-electron chi connectivity index (χ2n) is 5.44. The summed E-state index contributed by atoms with van der Waals surface area (Å²) in [7, 11) is -3.15. The highest BCUT2D eigenvalue weighted by atomic mass is 32.2. The number of sulfonamides is 1. The van der Waals surface area contributed by atoms with Crippen LogP contribution < -0.4 is 4.72 Å². The van der Waals surface area contributed by atoms with Crippen LogP contribution in [-0.2, 0) is 10.0 Å². The SMILES string of the molecule is CC1(CNS(=O)(=O)CCCCO)CCCCC1. The summed E-state index contributed by atoms with van der Waals surface area (Å²) in [5.41, 5.74) is 0.141. The molecular formula is C12H25NO3S. The van der Waals surface area contributed by atoms with Crippen LogP contribution in [0.1, 0.15) is 51.9 Å². The molecule has 0 bridgehead atoms. The minimum absolute atomic E-state index is 0.0627. The van der Waals surface area contributed by atoms with Crippen LogP contribution in [0.15, 0.2) is 0 Å². The highest BCUT2D eigenvalue weighted by Gasteiger charge is 2.28. The number of unbranched alkanes of at least 4 members (excludes halogenated alkanes) is 1. The van der Waals surface area contributed by atoms with E-state index in [1.54, 1.807) is 0 Å². The van der Waals surface area contributed by atoms with Crippen molar-refractivity contribution in [2.45, 2.75) is 51.9 Å². The molecule has 1 saturated carbocycles. The Hall–Kier alpha value is -0.130. The lowest BCUT2D eigenvalue weighted by atomic mass is 9.76. The van der Waals surface area contributed by atoms with Crippen LogP contribution in [0.3, 0.4) is 0 Å². The number of aliphatic hydroxyl groups is 1. The standard InChI is InChI=1S/C12H25NO3S/c1-12(7-3-2-4-8-12)11-13-17(15,16)10-6-5-9-14/h13-14H,2-11H2,1H3. The smallest absolute Gasteiger partial charge is 0.211 e. The van der Waals surface area contributed by atoms with Crippen LogP contribution in [0.4, 0.5) is 0 Å². The molecule has 4 nitrogen and oxygen atoms in total. The summed E-state index contributed by atoms with van der Waals surface area (Å²) in [6.45, 7) is 2.80. The molecule has 1 rings (SSSR count). The van der Waals surface area contributed by atoms with Gasteiger partial charge in [0.05, 0.1) is 5.75 Å². The summed E-state index contributed by atoms with van der Waals surface area (Å²) in [5.74, 6) is 0.129. The lowest BCUT2D eigenvalue weighted by Crippen LogP contribution is -2.38. The van der Waals surface area contributed by atoms with Crippen molar-refractivity contribution in [2.24, 2.45) is 5.41 Å². The van der Waals surface area contributed by atoms with Crippen molar-refractivity contribution in [3.05, 3.63) is 0 Å². The predicted octanol–water partition coefficient (Wildman–Crippen LogP) is 1.65. The molecule has 0 aromatic carbocycles. The molecule has 0 atom stereocenters. The summed E-state index contributed by atoms with van der Waals surface area (Å²) >= 11 is 0. The van der Waals surface area contributed by atoms with Gasteiger partial charge in [0, 0.05) is 13.2 Å². The average Bonchev–Trinajstić information content (AvgIpc) is 2.28. The van der Waals surface area contributed by atoms with Crippen molar-refractivity contribution < 1.29 is 13.5 Å². The van der Waals surface area contributed by atoms with Gasteiger partial charge in [-0.1, -0.05) is 26.2 Å². The van der Waals surface area contributed by atoms with Gasteiger partial charge in [0.25, 0.3) is 0 Å². The van der Waals surface area contributed by atoms with E-state index in [1.807, 2.05) is 0 Å². The molecule has 5 heteroatoms. The maximum absolute atomic E-state index is 11.7. The van der Waals surface area contributed by atoms with E-state index in [0.717, 1.165) is 12.8 Å². The van der Waals surface area contributed by atoms with Gasteiger partial charge in [0.1, 0.15) is 0 Å². The van der Waals surface area contributed by atoms with Gasteiger partial charge in [-0.2, -0.15) is 0 Å². The molecule has 0 aromatic rings. The van der Waals surface area contributed by atoms with Crippen molar-refractivity contribution in [1.29, 1.82) is 0 Å². The van der Waals surface area contributed by atoms with Gasteiger partial charge in [-0.05, 0) is 31.1 Å². The molecule has 102 valence electrons. The average molecular weight is 263 g/mol. The summed E-state index contributed by atoms with van der Waals surface area (Å²) in [6.07, 6.45) is 7.02. The Kier molecular flexibility index (Phi) is 5.89. The molecule has 0 aliphatic heterocycles. The fraction of sp³-hybridized carbons (Fsp3) is 1.00. The lowest BCUT2D eigenvalue weighted by Gasteiger charge is -2.33. The molecule has 1 aliphatic carbocycles. The second-order valence-corrected chi connectivity index (χ2v) is 7.37. The van der Waals surface area contributed by atoms with E-state index in [0.29, 0.717) is 19.4 Å². The summed E-state index contributed by atoms with van der Waals surface area (Å²) < 4.78 is 26.1. The molecule has 0 amide bonds. The van der Waals surface area contributed by atoms with E-state index in [2.05, 4.69) is 11.6 Å². The van der Waals surface area contributed by atoms with Crippen LogP contribution in [0.25, 0.3) is 0 Å². The molecule has 17 heavy (non-hydrogen) atoms. The Morgan fingerprint density at radius 1 is 1.18 bits per heavy atom. The second kappa shape index (κ2) is 6.71. The van der Waals surface area contributed by atoms with Crippen molar-refractivity contribution in [3.63, 3.8) is 0 Å². The first-order chi connectivity index (χ1) is 7.97. The first kappa shape index (κ1) is 14.9. The van der Waals surface area contributed by atoms with Gasteiger partial charge in [0.15, 0.2) is 0 Å². The van der Waals surface area contributed by atoms with Crippen molar-refractivity contribution in [1.82, 2.24) is 4.72 Å². The monoisotopic (exact) mass is 263 g/mol. The van der Waals surface area contributed by atoms with E-state index < -0.39 is 10.0 Å². The Bertz CT molecular complexity index is 308. The molecule has 0 heterocycles. The summed E-state index contributed by atoms with van der Waals surface area (Å²) in [4.78, 5) is 0. The Morgan fingerprint density at radius 2 is 1.82 bits per heavy atom. The first-order valence-electron chi connectivity index (χ1n) is 6.56. The molecule has 0 spiro atoms. The van der Waals surface area contributed by atoms with E-state index in [-0.39, 0.29) is 17.8 Å². The number of rotatable bonds is 7. The molecule has 1 fully saturated rings. The Labute approximate surface area is 105 Å². The third-order valence-corrected chi connectivity index (χ3v) is 5.01. The molecule has 0 radical (unpaired) electrons. The van der Waals surface area contributed by atoms with Gasteiger partial charge in [-0.15, -0.1) is 0 Å². The fourth-order valence-electron chi connectivity index (χ4n) is 2.34. The van der Waals surface area contributed by atoms with Gasteiger partial charge in [-0.25, -0.2) is 13.1 Å². The van der Waals surface area contributed by atoms with Gasteiger partial charge >= 0.3 is 0 Å². The Balaban J connectivity index is 2.32. The Morgan fingerprint density at radius 3 is 2.41 bits per heavy atom. The van der Waals surface area contributed by atoms with Crippen molar-refractivity contribution in [3.8, 4) is 0 Å². The van der Waals surface area contributed by atoms with Crippen LogP contribution >= 0.6 is 0 Å². The van der Waals surface area contributed by atoms with Crippen LogP contribution in [0.2, 0.25) is 0 Å². The largest absolute Gasteiger partial charge is 0.396 e. The number of hydrogen-bond donors (Lipinski definition) is 2. The van der Waals surface area contributed by atoms with E-state index in [4.69, 9.17) is 5.11 Å². The van der Waals surface area contributed by atoms with Crippen LogP contribution in [-0.4, -0.2) is 32.4 Å². The lowest BCUT2D eigenvalue weighted by molar-refractivity contribution is 0.219. The number of hydrogen-bond acceptors (Lipinski definition) is 3. The van der Waals surface area contributed by atoms with E-state index >= 15 is 0 Å². The molecule has 0 unspecified atom stereocenters. The normalized spacial score (nSPS) is 20.4. The minimum Gasteiger partial charge on any atom is -0.396 e. The summed E-state index contributed by atoms with van der Waals surface area (Å²) in [6, 6.07) is 0. The van der Waals surface area contributed by atoms with Crippen molar-refractivity contribution >= 4 is 10.0 Å². The van der Waals surface area contributed by atoms with Gasteiger partial charge in [0.2, 0.25) is 10.0 Å². The molecule has 1 aliphatic rings. The number of nitrogens with one attached hydrogen (secondary N) is 1. The zero-order valence-electron chi connectivity index (χ0n) is 10.7. The summed E-state index contributed by atoms with van der Waals surface area (Å²) in [5, 5.41) is 8.62. The quantitative estimate of drug-likeness (QED) is 0.686. The van der Waals surface area contributed by atoms with Crippen molar-refractivity contribution in [2.75, 3.05) is 18.9 Å². The maximum Gasteiger partial charge on any atom is 0.211 e. The molecule has 2 N–H and O–H groups in total. The van der Waals surface area contributed by atoms with Crippen LogP contribution in [0, 0.1) is 5.41 Å². The zero-order valence-corrected chi connectivity index (χ0v) is 11.6. The van der Waals surface area contributed by atoms with E-state index in [9.17, 15) is 8.42 Å². The molecular weight excluding hydrogens is 238 g/mol.